The second-order valence-corrected chi connectivity index (χ2v) is 11.1. The number of carbonyl (C=O) groups excluding carboxylic acids is 1. The maximum atomic E-state index is 13.3. The Morgan fingerprint density at radius 3 is 2.59 bits per heavy atom. The van der Waals surface area contributed by atoms with Crippen LogP contribution in [0.5, 0.6) is 5.75 Å². The Balaban J connectivity index is 1.65. The Morgan fingerprint density at radius 2 is 1.91 bits per heavy atom. The van der Waals surface area contributed by atoms with E-state index in [1.807, 2.05) is 13.0 Å². The van der Waals surface area contributed by atoms with Crippen LogP contribution in [-0.2, 0) is 21.2 Å². The van der Waals surface area contributed by atoms with E-state index in [0.29, 0.717) is 26.1 Å². The maximum absolute atomic E-state index is 13.3. The van der Waals surface area contributed by atoms with Crippen molar-refractivity contribution in [3.8, 4) is 5.75 Å². The van der Waals surface area contributed by atoms with E-state index in [9.17, 15) is 13.2 Å². The molecule has 34 heavy (non-hydrogen) atoms. The number of fused-ring (bicyclic) bond motifs is 1. The van der Waals surface area contributed by atoms with Crippen LogP contribution < -0.4 is 9.64 Å². The predicted molar refractivity (Wildman–Crippen MR) is 134 cm³/mol. The number of halogens is 1. The van der Waals surface area contributed by atoms with Crippen LogP contribution in [0.25, 0.3) is 10.2 Å². The van der Waals surface area contributed by atoms with Gasteiger partial charge in [-0.2, -0.15) is 0 Å². The molecule has 0 fully saturated rings. The van der Waals surface area contributed by atoms with Crippen molar-refractivity contribution in [3.63, 3.8) is 0 Å². The zero-order valence-electron chi connectivity index (χ0n) is 18.6. The average molecular weight is 516 g/mol. The van der Waals surface area contributed by atoms with Gasteiger partial charge in [-0.3, -0.25) is 14.7 Å². The summed E-state index contributed by atoms with van der Waals surface area (Å²) in [6, 6.07) is 13.6. The zero-order valence-corrected chi connectivity index (χ0v) is 21.0. The number of pyridine rings is 1. The number of anilines is 1. The molecular formula is C24H22ClN3O4S2. The van der Waals surface area contributed by atoms with Crippen molar-refractivity contribution in [2.75, 3.05) is 17.8 Å². The summed E-state index contributed by atoms with van der Waals surface area (Å²) in [4.78, 5) is 23.7. The van der Waals surface area contributed by atoms with Gasteiger partial charge in [0.1, 0.15) is 11.3 Å². The summed E-state index contributed by atoms with van der Waals surface area (Å²) >= 11 is 7.62. The molecule has 7 nitrogen and oxygen atoms in total. The summed E-state index contributed by atoms with van der Waals surface area (Å²) in [7, 11) is -2.08. The minimum absolute atomic E-state index is 0.191. The van der Waals surface area contributed by atoms with Crippen molar-refractivity contribution < 1.29 is 17.9 Å². The first-order valence-corrected chi connectivity index (χ1v) is 13.2. The third-order valence-electron chi connectivity index (χ3n) is 5.23. The summed E-state index contributed by atoms with van der Waals surface area (Å²) < 4.78 is 31.7. The Labute approximate surface area is 206 Å². The largest absolute Gasteiger partial charge is 0.494 e. The smallest absolute Gasteiger partial charge is 0.230 e. The molecule has 2 aromatic carbocycles. The van der Waals surface area contributed by atoms with Gasteiger partial charge in [0.05, 0.1) is 34.0 Å². The van der Waals surface area contributed by atoms with Crippen LogP contribution in [0.15, 0.2) is 65.8 Å². The number of ether oxygens (including phenoxy) is 1. The highest BCUT2D eigenvalue weighted by Gasteiger charge is 2.25. The molecule has 10 heteroatoms. The molecule has 0 radical (unpaired) electrons. The lowest BCUT2D eigenvalue weighted by molar-refractivity contribution is -0.118. The molecular weight excluding hydrogens is 494 g/mol. The molecule has 2 heterocycles. The van der Waals surface area contributed by atoms with Crippen molar-refractivity contribution in [2.45, 2.75) is 24.8 Å². The van der Waals surface area contributed by atoms with Gasteiger partial charge in [0.15, 0.2) is 15.0 Å². The number of rotatable bonds is 8. The second kappa shape index (κ2) is 10.1. The van der Waals surface area contributed by atoms with E-state index < -0.39 is 9.84 Å². The minimum atomic E-state index is -3.62. The molecule has 0 N–H and O–H groups in total. The fraction of sp³-hybridized carbons (Fsp3) is 0.208. The number of methoxy groups -OCH3 is 1. The van der Waals surface area contributed by atoms with Gasteiger partial charge in [-0.25, -0.2) is 13.4 Å². The SMILES string of the molecule is COc1ccc(Cl)c2sc(N(Cc3cccnc3)C(=O)CCS(=O)(=O)c3ccc(C)cc3)nc12. The summed E-state index contributed by atoms with van der Waals surface area (Å²) in [5.74, 6) is -0.140. The molecule has 0 atom stereocenters. The first-order chi connectivity index (χ1) is 16.3. The third-order valence-corrected chi connectivity index (χ3v) is 8.50. The molecule has 0 saturated carbocycles. The van der Waals surface area contributed by atoms with E-state index in [4.69, 9.17) is 16.3 Å². The Kier molecular flexibility index (Phi) is 7.16. The monoisotopic (exact) mass is 515 g/mol. The van der Waals surface area contributed by atoms with E-state index in [0.717, 1.165) is 11.1 Å². The molecule has 0 aliphatic heterocycles. The predicted octanol–water partition coefficient (Wildman–Crippen LogP) is 5.06. The van der Waals surface area contributed by atoms with Crippen molar-refractivity contribution in [1.82, 2.24) is 9.97 Å². The lowest BCUT2D eigenvalue weighted by Gasteiger charge is -2.20. The van der Waals surface area contributed by atoms with Crippen LogP contribution in [0.4, 0.5) is 5.13 Å². The van der Waals surface area contributed by atoms with E-state index in [2.05, 4.69) is 9.97 Å². The summed E-state index contributed by atoms with van der Waals surface area (Å²) in [6.45, 7) is 2.08. The van der Waals surface area contributed by atoms with E-state index >= 15 is 0 Å². The molecule has 0 aliphatic rings. The molecule has 2 aromatic heterocycles. The molecule has 0 spiro atoms. The van der Waals surface area contributed by atoms with E-state index in [1.54, 1.807) is 54.9 Å². The number of amides is 1. The van der Waals surface area contributed by atoms with Crippen LogP contribution in [0, 0.1) is 6.92 Å². The normalized spacial score (nSPS) is 11.5. The topological polar surface area (TPSA) is 89.5 Å². The van der Waals surface area contributed by atoms with Gasteiger partial charge >= 0.3 is 0 Å². The standard InChI is InChI=1S/C24H22ClN3O4S2/c1-16-5-7-18(8-6-16)34(30,31)13-11-21(29)28(15-17-4-3-12-26-14-17)24-27-22-20(32-2)10-9-19(25)23(22)33-24/h3-10,12,14H,11,13,15H2,1-2H3. The third kappa shape index (κ3) is 5.22. The van der Waals surface area contributed by atoms with Crippen LogP contribution in [0.2, 0.25) is 5.02 Å². The Bertz CT molecular complexity index is 1420. The van der Waals surface area contributed by atoms with Gasteiger partial charge in [-0.1, -0.05) is 46.7 Å². The molecule has 0 unspecified atom stereocenters. The van der Waals surface area contributed by atoms with Gasteiger partial charge in [-0.05, 0) is 42.8 Å². The van der Waals surface area contributed by atoms with Gasteiger partial charge in [-0.15, -0.1) is 0 Å². The molecule has 4 aromatic rings. The molecule has 0 saturated heterocycles. The Hall–Kier alpha value is -3.01. The Morgan fingerprint density at radius 1 is 1.15 bits per heavy atom. The number of thiazole rings is 1. The van der Waals surface area contributed by atoms with Crippen LogP contribution in [0.1, 0.15) is 17.5 Å². The number of hydrogen-bond donors (Lipinski definition) is 0. The first-order valence-electron chi connectivity index (χ1n) is 10.4. The lowest BCUT2D eigenvalue weighted by atomic mass is 10.2. The quantitative estimate of drug-likeness (QED) is 0.326. The number of nitrogens with zero attached hydrogens (tertiary/aromatic N) is 3. The van der Waals surface area contributed by atoms with Gasteiger partial charge in [0.25, 0.3) is 0 Å². The fourth-order valence-electron chi connectivity index (χ4n) is 3.38. The fourth-order valence-corrected chi connectivity index (χ4v) is 5.88. The summed E-state index contributed by atoms with van der Waals surface area (Å²) in [6.07, 6.45) is 3.10. The number of carbonyl (C=O) groups is 1. The highest BCUT2D eigenvalue weighted by atomic mass is 35.5. The number of aromatic nitrogens is 2. The van der Waals surface area contributed by atoms with Crippen LogP contribution >= 0.6 is 22.9 Å². The highest BCUT2D eigenvalue weighted by molar-refractivity contribution is 7.91. The van der Waals surface area contributed by atoms with E-state index in [1.165, 1.54) is 23.3 Å². The van der Waals surface area contributed by atoms with Crippen molar-refractivity contribution >= 4 is 54.0 Å². The zero-order chi connectivity index (χ0) is 24.3. The van der Waals surface area contributed by atoms with Crippen LogP contribution in [-0.4, -0.2) is 37.2 Å². The molecule has 176 valence electrons. The number of aryl methyl sites for hydroxylation is 1. The highest BCUT2D eigenvalue weighted by Crippen LogP contribution is 2.39. The number of benzene rings is 2. The number of hydrogen-bond acceptors (Lipinski definition) is 7. The minimum Gasteiger partial charge on any atom is -0.494 e. The van der Waals surface area contributed by atoms with Crippen molar-refractivity contribution in [1.29, 1.82) is 0 Å². The molecule has 0 bridgehead atoms. The summed E-state index contributed by atoms with van der Waals surface area (Å²) in [5.41, 5.74) is 2.29. The second-order valence-electron chi connectivity index (χ2n) is 7.65. The van der Waals surface area contributed by atoms with Gasteiger partial charge in [0, 0.05) is 18.8 Å². The van der Waals surface area contributed by atoms with E-state index in [-0.39, 0.29) is 29.5 Å². The summed E-state index contributed by atoms with van der Waals surface area (Å²) in [5, 5.41) is 0.901. The molecule has 0 aliphatic carbocycles. The lowest BCUT2D eigenvalue weighted by Crippen LogP contribution is -2.31. The average Bonchev–Trinajstić information content (AvgIpc) is 3.28. The molecule has 1 amide bonds. The van der Waals surface area contributed by atoms with Crippen LogP contribution in [0.3, 0.4) is 0 Å². The van der Waals surface area contributed by atoms with Crippen molar-refractivity contribution in [3.05, 3.63) is 77.1 Å². The van der Waals surface area contributed by atoms with Gasteiger partial charge < -0.3 is 4.74 Å². The van der Waals surface area contributed by atoms with Crippen molar-refractivity contribution in [2.24, 2.45) is 0 Å². The maximum Gasteiger partial charge on any atom is 0.230 e. The first kappa shape index (κ1) is 24.1. The van der Waals surface area contributed by atoms with Gasteiger partial charge in [0.2, 0.25) is 5.91 Å². The number of sulfone groups is 1. The molecule has 4 rings (SSSR count).